The van der Waals surface area contributed by atoms with Crippen molar-refractivity contribution in [2.24, 2.45) is 5.92 Å². The number of anilines is 1. The molecular weight excluding hydrogens is 354 g/mol. The lowest BCUT2D eigenvalue weighted by Gasteiger charge is -2.33. The highest BCUT2D eigenvalue weighted by molar-refractivity contribution is 6.01. The van der Waals surface area contributed by atoms with Gasteiger partial charge in [0.2, 0.25) is 11.8 Å². The Hall–Kier alpha value is -2.51. The van der Waals surface area contributed by atoms with Crippen molar-refractivity contribution in [2.75, 3.05) is 51.1 Å². The lowest BCUT2D eigenvalue weighted by atomic mass is 10.2. The minimum absolute atomic E-state index is 0.0283. The number of nitrogens with one attached hydrogen (secondary N) is 2. The van der Waals surface area contributed by atoms with Crippen LogP contribution < -0.4 is 10.6 Å². The Kier molecular flexibility index (Phi) is 6.95. The Morgan fingerprint density at radius 1 is 1.00 bits per heavy atom. The number of pyridine rings is 1. The summed E-state index contributed by atoms with van der Waals surface area (Å²) in [5.41, 5.74) is 1.65. The summed E-state index contributed by atoms with van der Waals surface area (Å²) in [4.78, 5) is 33.0. The maximum atomic E-state index is 12.5. The fraction of sp³-hybridized carbons (Fsp3) is 0.476. The van der Waals surface area contributed by atoms with Crippen LogP contribution in [0.2, 0.25) is 0 Å². The van der Waals surface area contributed by atoms with Gasteiger partial charge in [-0.25, -0.2) is 0 Å². The first-order valence-corrected chi connectivity index (χ1v) is 9.86. The monoisotopic (exact) mass is 383 g/mol. The normalized spacial score (nSPS) is 15.7. The van der Waals surface area contributed by atoms with Crippen LogP contribution in [0.5, 0.6) is 0 Å². The smallest absolute Gasteiger partial charge is 0.238 e. The van der Waals surface area contributed by atoms with Gasteiger partial charge in [0, 0.05) is 44.3 Å². The second-order valence-electron chi connectivity index (χ2n) is 7.67. The third-order valence-corrected chi connectivity index (χ3v) is 4.83. The average molecular weight is 383 g/mol. The summed E-state index contributed by atoms with van der Waals surface area (Å²) < 4.78 is 0. The van der Waals surface area contributed by atoms with Crippen molar-refractivity contribution in [1.29, 1.82) is 0 Å². The summed E-state index contributed by atoms with van der Waals surface area (Å²) >= 11 is 0. The molecule has 28 heavy (non-hydrogen) atoms. The number of hydrogen-bond donors (Lipinski definition) is 2. The van der Waals surface area contributed by atoms with Crippen LogP contribution in [-0.4, -0.2) is 72.4 Å². The van der Waals surface area contributed by atoms with Crippen molar-refractivity contribution >= 4 is 28.4 Å². The molecule has 0 aliphatic carbocycles. The highest BCUT2D eigenvalue weighted by Gasteiger charge is 2.20. The zero-order valence-electron chi connectivity index (χ0n) is 16.6. The van der Waals surface area contributed by atoms with Crippen LogP contribution in [0.4, 0.5) is 5.69 Å². The quantitative estimate of drug-likeness (QED) is 0.759. The van der Waals surface area contributed by atoms with Gasteiger partial charge in [-0.2, -0.15) is 0 Å². The molecule has 2 heterocycles. The molecule has 0 unspecified atom stereocenters. The van der Waals surface area contributed by atoms with Crippen LogP contribution in [0.1, 0.15) is 13.8 Å². The van der Waals surface area contributed by atoms with Gasteiger partial charge in [-0.05, 0) is 30.2 Å². The summed E-state index contributed by atoms with van der Waals surface area (Å²) in [6.07, 6.45) is 1.75. The van der Waals surface area contributed by atoms with Gasteiger partial charge in [0.25, 0.3) is 0 Å². The van der Waals surface area contributed by atoms with Gasteiger partial charge >= 0.3 is 0 Å². The number of aromatic nitrogens is 1. The first kappa shape index (κ1) is 20.2. The lowest BCUT2D eigenvalue weighted by Crippen LogP contribution is -2.51. The largest absolute Gasteiger partial charge is 0.355 e. The number of piperazine rings is 1. The molecule has 1 aliphatic heterocycles. The Labute approximate surface area is 166 Å². The number of fused-ring (bicyclic) bond motifs is 1. The van der Waals surface area contributed by atoms with Crippen LogP contribution >= 0.6 is 0 Å². The van der Waals surface area contributed by atoms with Crippen LogP contribution in [0.3, 0.4) is 0 Å². The SMILES string of the molecule is CC(C)CNC(=O)CN1CCN(CC(=O)Nc2cccc3ncccc23)CC1. The molecule has 0 bridgehead atoms. The maximum Gasteiger partial charge on any atom is 0.238 e. The van der Waals surface area contributed by atoms with E-state index in [0.29, 0.717) is 25.6 Å². The van der Waals surface area contributed by atoms with E-state index < -0.39 is 0 Å². The van der Waals surface area contributed by atoms with E-state index >= 15 is 0 Å². The van der Waals surface area contributed by atoms with Crippen molar-refractivity contribution < 1.29 is 9.59 Å². The van der Waals surface area contributed by atoms with Gasteiger partial charge in [0.1, 0.15) is 0 Å². The molecule has 1 fully saturated rings. The Morgan fingerprint density at radius 3 is 2.36 bits per heavy atom. The Bertz CT molecular complexity index is 810. The number of carbonyl (C=O) groups excluding carboxylic acids is 2. The van der Waals surface area contributed by atoms with Gasteiger partial charge in [-0.1, -0.05) is 19.9 Å². The van der Waals surface area contributed by atoms with Gasteiger partial charge in [-0.15, -0.1) is 0 Å². The molecule has 1 aromatic heterocycles. The predicted octanol–water partition coefficient (Wildman–Crippen LogP) is 1.56. The number of nitrogens with zero attached hydrogens (tertiary/aromatic N) is 3. The molecule has 1 aliphatic rings. The van der Waals surface area contributed by atoms with Crippen molar-refractivity contribution in [2.45, 2.75) is 13.8 Å². The summed E-state index contributed by atoms with van der Waals surface area (Å²) in [5.74, 6) is 0.501. The van der Waals surface area contributed by atoms with E-state index in [-0.39, 0.29) is 11.8 Å². The van der Waals surface area contributed by atoms with E-state index in [9.17, 15) is 9.59 Å². The van der Waals surface area contributed by atoms with Crippen molar-refractivity contribution in [1.82, 2.24) is 20.1 Å². The zero-order valence-corrected chi connectivity index (χ0v) is 16.6. The molecule has 150 valence electrons. The van der Waals surface area contributed by atoms with Crippen LogP contribution in [0.25, 0.3) is 10.9 Å². The van der Waals surface area contributed by atoms with Gasteiger partial charge in [0.05, 0.1) is 24.3 Å². The molecule has 0 atom stereocenters. The molecule has 3 rings (SSSR count). The fourth-order valence-electron chi connectivity index (χ4n) is 3.29. The molecule has 2 N–H and O–H groups in total. The standard InChI is InChI=1S/C21H29N5O2/c1-16(2)13-23-20(27)14-25-9-11-26(12-10-25)15-21(28)24-19-7-3-6-18-17(19)5-4-8-22-18/h3-8,16H,9-15H2,1-2H3,(H,23,27)(H,24,28). The first-order chi connectivity index (χ1) is 13.5. The number of amides is 2. The molecular formula is C21H29N5O2. The number of rotatable bonds is 7. The third-order valence-electron chi connectivity index (χ3n) is 4.83. The number of benzene rings is 1. The van der Waals surface area contributed by atoms with Crippen molar-refractivity contribution in [3.8, 4) is 0 Å². The summed E-state index contributed by atoms with van der Waals surface area (Å²) in [7, 11) is 0. The predicted molar refractivity (Wildman–Crippen MR) is 111 cm³/mol. The van der Waals surface area contributed by atoms with Gasteiger partial charge in [0.15, 0.2) is 0 Å². The minimum Gasteiger partial charge on any atom is -0.355 e. The maximum absolute atomic E-state index is 12.5. The molecule has 0 radical (unpaired) electrons. The molecule has 2 amide bonds. The zero-order chi connectivity index (χ0) is 19.9. The molecule has 1 saturated heterocycles. The highest BCUT2D eigenvalue weighted by Crippen LogP contribution is 2.21. The molecule has 0 saturated carbocycles. The third kappa shape index (κ3) is 5.74. The van der Waals surface area contributed by atoms with E-state index in [1.165, 1.54) is 0 Å². The van der Waals surface area contributed by atoms with Crippen LogP contribution in [0.15, 0.2) is 36.5 Å². The van der Waals surface area contributed by atoms with E-state index in [2.05, 4.69) is 39.3 Å². The van der Waals surface area contributed by atoms with Crippen LogP contribution in [-0.2, 0) is 9.59 Å². The molecule has 1 aromatic carbocycles. The lowest BCUT2D eigenvalue weighted by molar-refractivity contribution is -0.123. The second-order valence-corrected chi connectivity index (χ2v) is 7.67. The van der Waals surface area contributed by atoms with Crippen LogP contribution in [0, 0.1) is 5.92 Å². The first-order valence-electron chi connectivity index (χ1n) is 9.86. The molecule has 7 nitrogen and oxygen atoms in total. The van der Waals surface area contributed by atoms with Gasteiger partial charge < -0.3 is 10.6 Å². The molecule has 2 aromatic rings. The van der Waals surface area contributed by atoms with E-state index in [4.69, 9.17) is 0 Å². The Balaban J connectivity index is 1.44. The van der Waals surface area contributed by atoms with E-state index in [0.717, 1.165) is 42.8 Å². The van der Waals surface area contributed by atoms with Crippen molar-refractivity contribution in [3.05, 3.63) is 36.5 Å². The van der Waals surface area contributed by atoms with E-state index in [1.807, 2.05) is 30.3 Å². The minimum atomic E-state index is -0.0283. The fourth-order valence-corrected chi connectivity index (χ4v) is 3.29. The average Bonchev–Trinajstić information content (AvgIpc) is 2.68. The second kappa shape index (κ2) is 9.61. The Morgan fingerprint density at radius 2 is 1.68 bits per heavy atom. The highest BCUT2D eigenvalue weighted by atomic mass is 16.2. The molecule has 7 heteroatoms. The topological polar surface area (TPSA) is 77.6 Å². The molecule has 0 spiro atoms. The summed E-state index contributed by atoms with van der Waals surface area (Å²) in [5, 5.41) is 6.90. The summed E-state index contributed by atoms with van der Waals surface area (Å²) in [6.45, 7) is 8.80. The number of hydrogen-bond acceptors (Lipinski definition) is 5. The van der Waals surface area contributed by atoms with Crippen molar-refractivity contribution in [3.63, 3.8) is 0 Å². The number of carbonyl (C=O) groups is 2. The summed E-state index contributed by atoms with van der Waals surface area (Å²) in [6, 6.07) is 9.56. The van der Waals surface area contributed by atoms with Gasteiger partial charge in [-0.3, -0.25) is 24.4 Å². The van der Waals surface area contributed by atoms with E-state index in [1.54, 1.807) is 6.20 Å².